The highest BCUT2D eigenvalue weighted by atomic mass is 32.1. The maximum Gasteiger partial charge on any atom is 0.320 e. The van der Waals surface area contributed by atoms with Gasteiger partial charge in [0.25, 0.3) is 5.56 Å². The van der Waals surface area contributed by atoms with Gasteiger partial charge in [-0.25, -0.2) is 4.98 Å². The second kappa shape index (κ2) is 4.52. The van der Waals surface area contributed by atoms with Crippen LogP contribution in [0.5, 0.6) is 0 Å². The number of H-pyrrole nitrogens is 1. The molecule has 2 aromatic rings. The third-order valence-electron chi connectivity index (χ3n) is 2.16. The predicted octanol–water partition coefficient (Wildman–Crippen LogP) is 0.0458. The molecule has 0 aromatic carbocycles. The Hall–Kier alpha value is -1.93. The van der Waals surface area contributed by atoms with E-state index < -0.39 is 17.6 Å². The largest absolute Gasteiger partial charge is 0.480 e. The fraction of sp³-hybridized carbons (Fsp3) is 0.222. The first kappa shape index (κ1) is 11.6. The normalized spacial score (nSPS) is 12.5. The van der Waals surface area contributed by atoms with Gasteiger partial charge in [-0.3, -0.25) is 9.59 Å². The number of nitrogens with zero attached hydrogens (tertiary/aromatic N) is 1. The summed E-state index contributed by atoms with van der Waals surface area (Å²) in [6.45, 7) is 0. The summed E-state index contributed by atoms with van der Waals surface area (Å²) in [7, 11) is 0. The Kier molecular flexibility index (Phi) is 3.07. The minimum Gasteiger partial charge on any atom is -0.480 e. The molecule has 7 nitrogen and oxygen atoms in total. The number of rotatable bonds is 4. The van der Waals surface area contributed by atoms with Crippen molar-refractivity contribution in [3.05, 3.63) is 27.5 Å². The number of aromatic amines is 1. The summed E-state index contributed by atoms with van der Waals surface area (Å²) in [5.74, 6) is -0.919. The first-order chi connectivity index (χ1) is 8.09. The van der Waals surface area contributed by atoms with E-state index in [2.05, 4.69) is 10.1 Å². The van der Waals surface area contributed by atoms with Gasteiger partial charge in [0.2, 0.25) is 0 Å². The molecule has 90 valence electrons. The van der Waals surface area contributed by atoms with Crippen LogP contribution in [-0.2, 0) is 11.2 Å². The molecule has 0 unspecified atom stereocenters. The van der Waals surface area contributed by atoms with Gasteiger partial charge in [-0.2, -0.15) is 5.16 Å². The van der Waals surface area contributed by atoms with Crippen LogP contribution in [0.15, 0.2) is 20.9 Å². The molecular weight excluding hydrogens is 246 g/mol. The summed E-state index contributed by atoms with van der Waals surface area (Å²) in [5.41, 5.74) is 5.11. The molecule has 0 saturated heterocycles. The lowest BCUT2D eigenvalue weighted by molar-refractivity contribution is -0.138. The monoisotopic (exact) mass is 255 g/mol. The Morgan fingerprint density at radius 1 is 1.71 bits per heavy atom. The van der Waals surface area contributed by atoms with E-state index in [1.54, 1.807) is 11.6 Å². The molecule has 2 heterocycles. The van der Waals surface area contributed by atoms with E-state index in [1.165, 1.54) is 11.3 Å². The quantitative estimate of drug-likeness (QED) is 0.709. The number of carboxylic acid groups (broad SMARTS) is 1. The molecule has 2 aromatic heterocycles. The fourth-order valence-electron chi connectivity index (χ4n) is 1.32. The van der Waals surface area contributed by atoms with E-state index in [0.29, 0.717) is 5.01 Å². The number of hydrogen-bond donors (Lipinski definition) is 3. The van der Waals surface area contributed by atoms with E-state index >= 15 is 0 Å². The number of hydrogen-bond acceptors (Lipinski definition) is 6. The Morgan fingerprint density at radius 3 is 3.06 bits per heavy atom. The number of carboxylic acids is 1. The van der Waals surface area contributed by atoms with Gasteiger partial charge in [-0.15, -0.1) is 11.3 Å². The summed E-state index contributed by atoms with van der Waals surface area (Å²) in [4.78, 5) is 26.1. The summed E-state index contributed by atoms with van der Waals surface area (Å²) in [5, 5.41) is 13.1. The molecule has 4 N–H and O–H groups in total. The number of nitrogens with two attached hydrogens (primary N) is 1. The smallest absolute Gasteiger partial charge is 0.320 e. The lowest BCUT2D eigenvalue weighted by atomic mass is 10.1. The van der Waals surface area contributed by atoms with Crippen LogP contribution in [0.1, 0.15) is 5.56 Å². The van der Waals surface area contributed by atoms with Crippen LogP contribution in [0.3, 0.4) is 0 Å². The zero-order valence-corrected chi connectivity index (χ0v) is 9.36. The third kappa shape index (κ3) is 2.27. The van der Waals surface area contributed by atoms with Crippen LogP contribution in [-0.4, -0.2) is 27.3 Å². The standard InChI is InChI=1S/C9H9N3O4S/c10-5(9(14)15)3-4-6(16-12-7(4)13)8-11-1-2-17-8/h1-2,5H,3,10H2,(H,12,13)(H,14,15)/t5-/m1/s1. The molecular formula is C9H9N3O4S. The SMILES string of the molecule is N[C@H](Cc1c(-c2nccs2)o[nH]c1=O)C(=O)O. The topological polar surface area (TPSA) is 122 Å². The lowest BCUT2D eigenvalue weighted by Gasteiger charge is -2.03. The first-order valence-electron chi connectivity index (χ1n) is 4.68. The molecule has 0 fully saturated rings. The molecule has 0 saturated carbocycles. The summed E-state index contributed by atoms with van der Waals surface area (Å²) >= 11 is 1.29. The van der Waals surface area contributed by atoms with Gasteiger partial charge in [0, 0.05) is 18.0 Å². The molecule has 8 heteroatoms. The Morgan fingerprint density at radius 2 is 2.47 bits per heavy atom. The van der Waals surface area contributed by atoms with Crippen molar-refractivity contribution in [2.75, 3.05) is 0 Å². The average Bonchev–Trinajstić information content (AvgIpc) is 2.89. The lowest BCUT2D eigenvalue weighted by Crippen LogP contribution is -2.33. The molecule has 0 aliphatic rings. The van der Waals surface area contributed by atoms with Gasteiger partial charge in [0.05, 0.1) is 5.56 Å². The molecule has 17 heavy (non-hydrogen) atoms. The summed E-state index contributed by atoms with van der Waals surface area (Å²) in [6.07, 6.45) is 1.46. The zero-order valence-electron chi connectivity index (χ0n) is 8.54. The van der Waals surface area contributed by atoms with Crippen molar-refractivity contribution in [3.63, 3.8) is 0 Å². The van der Waals surface area contributed by atoms with E-state index in [0.717, 1.165) is 0 Å². The second-order valence-electron chi connectivity index (χ2n) is 3.33. The average molecular weight is 255 g/mol. The molecule has 0 radical (unpaired) electrons. The van der Waals surface area contributed by atoms with Gasteiger partial charge < -0.3 is 15.4 Å². The van der Waals surface area contributed by atoms with Crippen molar-refractivity contribution in [1.29, 1.82) is 0 Å². The van der Waals surface area contributed by atoms with Crippen molar-refractivity contribution < 1.29 is 14.4 Å². The van der Waals surface area contributed by atoms with Crippen LogP contribution in [0.2, 0.25) is 0 Å². The van der Waals surface area contributed by atoms with Crippen molar-refractivity contribution in [2.24, 2.45) is 5.73 Å². The van der Waals surface area contributed by atoms with Gasteiger partial charge in [-0.05, 0) is 0 Å². The fourth-order valence-corrected chi connectivity index (χ4v) is 1.97. The van der Waals surface area contributed by atoms with E-state index in [-0.39, 0.29) is 17.7 Å². The number of thiazole rings is 1. The van der Waals surface area contributed by atoms with Crippen LogP contribution in [0, 0.1) is 0 Å². The number of nitrogens with one attached hydrogen (secondary N) is 1. The van der Waals surface area contributed by atoms with Crippen LogP contribution < -0.4 is 11.3 Å². The predicted molar refractivity (Wildman–Crippen MR) is 59.8 cm³/mol. The second-order valence-corrected chi connectivity index (χ2v) is 4.22. The van der Waals surface area contributed by atoms with Gasteiger partial charge >= 0.3 is 5.97 Å². The minimum atomic E-state index is -1.17. The minimum absolute atomic E-state index is 0.101. The summed E-state index contributed by atoms with van der Waals surface area (Å²) in [6, 6.07) is -1.15. The maximum absolute atomic E-state index is 11.5. The molecule has 0 bridgehead atoms. The molecule has 2 rings (SSSR count). The van der Waals surface area contributed by atoms with Gasteiger partial charge in [0.1, 0.15) is 6.04 Å². The molecule has 1 atom stereocenters. The van der Waals surface area contributed by atoms with Crippen LogP contribution in [0.25, 0.3) is 10.8 Å². The number of carbonyl (C=O) groups is 1. The molecule has 0 aliphatic heterocycles. The van der Waals surface area contributed by atoms with Gasteiger partial charge in [0.15, 0.2) is 10.8 Å². The third-order valence-corrected chi connectivity index (χ3v) is 2.93. The highest BCUT2D eigenvalue weighted by Gasteiger charge is 2.22. The highest BCUT2D eigenvalue weighted by Crippen LogP contribution is 2.23. The molecule has 0 spiro atoms. The zero-order chi connectivity index (χ0) is 12.4. The van der Waals surface area contributed by atoms with Crippen molar-refractivity contribution in [2.45, 2.75) is 12.5 Å². The van der Waals surface area contributed by atoms with Gasteiger partial charge in [-0.1, -0.05) is 0 Å². The first-order valence-corrected chi connectivity index (χ1v) is 5.56. The van der Waals surface area contributed by atoms with E-state index in [4.69, 9.17) is 15.4 Å². The Labute approximate surface area is 98.9 Å². The number of aliphatic carboxylic acids is 1. The summed E-state index contributed by atoms with van der Waals surface area (Å²) < 4.78 is 4.98. The van der Waals surface area contributed by atoms with Crippen molar-refractivity contribution in [1.82, 2.24) is 10.1 Å². The Balaban J connectivity index is 2.37. The number of aromatic nitrogens is 2. The molecule has 0 amide bonds. The van der Waals surface area contributed by atoms with E-state index in [9.17, 15) is 9.59 Å². The van der Waals surface area contributed by atoms with Crippen molar-refractivity contribution in [3.8, 4) is 10.8 Å². The van der Waals surface area contributed by atoms with Crippen LogP contribution >= 0.6 is 11.3 Å². The maximum atomic E-state index is 11.5. The van der Waals surface area contributed by atoms with Crippen molar-refractivity contribution >= 4 is 17.3 Å². The molecule has 0 aliphatic carbocycles. The van der Waals surface area contributed by atoms with E-state index in [1.807, 2.05) is 0 Å². The highest BCUT2D eigenvalue weighted by molar-refractivity contribution is 7.13. The van der Waals surface area contributed by atoms with Crippen LogP contribution in [0.4, 0.5) is 0 Å². The Bertz CT molecular complexity index is 571.